The maximum Gasteiger partial charge on any atom is 0.272 e. The number of ether oxygens (including phenoxy) is 1. The summed E-state index contributed by atoms with van der Waals surface area (Å²) >= 11 is 0. The number of nitrogens with zero attached hydrogens (tertiary/aromatic N) is 4. The molecule has 2 fully saturated rings. The Morgan fingerprint density at radius 2 is 1.93 bits per heavy atom. The van der Waals surface area contributed by atoms with Gasteiger partial charge in [-0.2, -0.15) is 5.10 Å². The molecule has 7 heteroatoms. The molecule has 2 aromatic rings. The van der Waals surface area contributed by atoms with E-state index >= 15 is 0 Å². The van der Waals surface area contributed by atoms with Crippen molar-refractivity contribution in [2.24, 2.45) is 7.05 Å². The van der Waals surface area contributed by atoms with Crippen molar-refractivity contribution < 1.29 is 14.6 Å². The number of amides is 1. The van der Waals surface area contributed by atoms with Gasteiger partial charge in [0.05, 0.1) is 18.4 Å². The minimum atomic E-state index is -1.04. The summed E-state index contributed by atoms with van der Waals surface area (Å²) in [4.78, 5) is 19.7. The zero-order valence-electron chi connectivity index (χ0n) is 17.8. The summed E-state index contributed by atoms with van der Waals surface area (Å²) in [6.07, 6.45) is 4.42. The Labute approximate surface area is 171 Å². The average Bonchev–Trinajstić information content (AvgIpc) is 3.19. The zero-order valence-corrected chi connectivity index (χ0v) is 17.8. The molecule has 7 nitrogen and oxygen atoms in total. The molecule has 156 valence electrons. The van der Waals surface area contributed by atoms with Gasteiger partial charge in [-0.15, -0.1) is 0 Å². The van der Waals surface area contributed by atoms with Crippen molar-refractivity contribution >= 4 is 5.91 Å². The van der Waals surface area contributed by atoms with Crippen LogP contribution in [-0.4, -0.2) is 49.9 Å². The number of methoxy groups -OCH3 is 1. The summed E-state index contributed by atoms with van der Waals surface area (Å²) in [6.45, 7) is 6.28. The van der Waals surface area contributed by atoms with E-state index in [0.717, 1.165) is 18.5 Å². The van der Waals surface area contributed by atoms with E-state index in [1.165, 1.54) is 0 Å². The predicted octanol–water partition coefficient (Wildman–Crippen LogP) is 2.78. The van der Waals surface area contributed by atoms with E-state index in [1.54, 1.807) is 18.0 Å². The number of aromatic nitrogens is 3. The highest BCUT2D eigenvalue weighted by Crippen LogP contribution is 2.47. The molecule has 2 atom stereocenters. The number of fused-ring (bicyclic) bond motifs is 2. The second-order valence-corrected chi connectivity index (χ2v) is 9.39. The number of carbonyl (C=O) groups is 1. The van der Waals surface area contributed by atoms with Gasteiger partial charge in [-0.3, -0.25) is 9.48 Å². The van der Waals surface area contributed by atoms with E-state index in [1.807, 2.05) is 30.1 Å². The van der Waals surface area contributed by atoms with Gasteiger partial charge in [-0.1, -0.05) is 20.8 Å². The van der Waals surface area contributed by atoms with Crippen molar-refractivity contribution in [1.29, 1.82) is 0 Å². The summed E-state index contributed by atoms with van der Waals surface area (Å²) in [7, 11) is 3.39. The molecule has 2 unspecified atom stereocenters. The van der Waals surface area contributed by atoms with Crippen molar-refractivity contribution in [1.82, 2.24) is 19.7 Å². The van der Waals surface area contributed by atoms with Crippen LogP contribution >= 0.6 is 0 Å². The number of aryl methyl sites for hydroxylation is 1. The number of hydrogen-bond acceptors (Lipinski definition) is 5. The highest BCUT2D eigenvalue weighted by Gasteiger charge is 2.51. The molecule has 2 bridgehead atoms. The number of hydrogen-bond donors (Lipinski definition) is 1. The molecular formula is C22H30N4O3. The highest BCUT2D eigenvalue weighted by molar-refractivity contribution is 5.93. The van der Waals surface area contributed by atoms with Gasteiger partial charge < -0.3 is 14.7 Å². The largest absolute Gasteiger partial charge is 0.481 e. The Kier molecular flexibility index (Phi) is 4.69. The van der Waals surface area contributed by atoms with Gasteiger partial charge in [0.25, 0.3) is 5.91 Å². The van der Waals surface area contributed by atoms with Crippen molar-refractivity contribution in [3.05, 3.63) is 41.3 Å². The fraction of sp³-hybridized carbons (Fsp3) is 0.591. The van der Waals surface area contributed by atoms with E-state index in [9.17, 15) is 9.90 Å². The summed E-state index contributed by atoms with van der Waals surface area (Å²) in [5.41, 5.74) is 1.07. The Balaban J connectivity index is 1.62. The number of pyridine rings is 1. The highest BCUT2D eigenvalue weighted by atomic mass is 16.5. The third kappa shape index (κ3) is 3.31. The molecule has 4 heterocycles. The minimum Gasteiger partial charge on any atom is -0.481 e. The van der Waals surface area contributed by atoms with E-state index in [-0.39, 0.29) is 23.4 Å². The van der Waals surface area contributed by atoms with Crippen LogP contribution in [0.1, 0.15) is 68.2 Å². The molecule has 4 rings (SSSR count). The molecule has 2 aliphatic rings. The topological polar surface area (TPSA) is 80.5 Å². The Hall–Kier alpha value is -2.41. The lowest BCUT2D eigenvalue weighted by molar-refractivity contribution is -0.0496. The van der Waals surface area contributed by atoms with Crippen LogP contribution in [-0.2, 0) is 18.1 Å². The molecule has 0 radical (unpaired) electrons. The quantitative estimate of drug-likeness (QED) is 0.860. The molecule has 1 amide bonds. The third-order valence-electron chi connectivity index (χ3n) is 6.33. The van der Waals surface area contributed by atoms with Crippen molar-refractivity contribution in [3.8, 4) is 5.88 Å². The fourth-order valence-corrected chi connectivity index (χ4v) is 4.85. The SMILES string of the molecule is COc1ncccc1C1(O)CC2CCC(C1)N2C(=O)c1cc(C(C)(C)C)nn1C. The first-order valence-corrected chi connectivity index (χ1v) is 10.2. The van der Waals surface area contributed by atoms with Gasteiger partial charge in [0, 0.05) is 49.1 Å². The summed E-state index contributed by atoms with van der Waals surface area (Å²) in [6, 6.07) is 5.58. The van der Waals surface area contributed by atoms with Crippen molar-refractivity contribution in [3.63, 3.8) is 0 Å². The van der Waals surface area contributed by atoms with Gasteiger partial charge >= 0.3 is 0 Å². The van der Waals surface area contributed by atoms with E-state index in [2.05, 4.69) is 30.9 Å². The molecule has 0 aromatic carbocycles. The lowest BCUT2D eigenvalue weighted by atomic mass is 9.80. The zero-order chi connectivity index (χ0) is 21.0. The first-order chi connectivity index (χ1) is 13.6. The monoisotopic (exact) mass is 398 g/mol. The van der Waals surface area contributed by atoms with E-state index in [0.29, 0.717) is 30.0 Å². The summed E-state index contributed by atoms with van der Waals surface area (Å²) in [5.74, 6) is 0.457. The maximum absolute atomic E-state index is 13.4. The van der Waals surface area contributed by atoms with Crippen LogP contribution in [0.4, 0.5) is 0 Å². The predicted molar refractivity (Wildman–Crippen MR) is 109 cm³/mol. The van der Waals surface area contributed by atoms with Gasteiger partial charge in [-0.05, 0) is 31.0 Å². The summed E-state index contributed by atoms with van der Waals surface area (Å²) in [5, 5.41) is 16.1. The molecular weight excluding hydrogens is 368 g/mol. The van der Waals surface area contributed by atoms with E-state index in [4.69, 9.17) is 4.74 Å². The van der Waals surface area contributed by atoms with Gasteiger partial charge in [0.15, 0.2) is 0 Å². The molecule has 2 saturated heterocycles. The summed E-state index contributed by atoms with van der Waals surface area (Å²) < 4.78 is 7.07. The fourth-order valence-electron chi connectivity index (χ4n) is 4.85. The Bertz CT molecular complexity index is 916. The molecule has 2 aliphatic heterocycles. The number of piperidine rings is 1. The molecule has 0 saturated carbocycles. The van der Waals surface area contributed by atoms with Crippen molar-refractivity contribution in [2.75, 3.05) is 7.11 Å². The van der Waals surface area contributed by atoms with Crippen molar-refractivity contribution in [2.45, 2.75) is 69.6 Å². The second kappa shape index (κ2) is 6.83. The van der Waals surface area contributed by atoms with Gasteiger partial charge in [0.2, 0.25) is 5.88 Å². The van der Waals surface area contributed by atoms with Crippen LogP contribution in [0.3, 0.4) is 0 Å². The Morgan fingerprint density at radius 1 is 1.28 bits per heavy atom. The van der Waals surface area contributed by atoms with Gasteiger partial charge in [-0.25, -0.2) is 4.98 Å². The van der Waals surface area contributed by atoms with Gasteiger partial charge in [0.1, 0.15) is 5.69 Å². The molecule has 29 heavy (non-hydrogen) atoms. The number of carbonyl (C=O) groups excluding carboxylic acids is 1. The lowest BCUT2D eigenvalue weighted by Gasteiger charge is -2.44. The van der Waals surface area contributed by atoms with Crippen LogP contribution in [0, 0.1) is 0 Å². The normalized spacial score (nSPS) is 26.6. The van der Waals surface area contributed by atoms with Crippen LogP contribution in [0.15, 0.2) is 24.4 Å². The third-order valence-corrected chi connectivity index (χ3v) is 6.33. The first-order valence-electron chi connectivity index (χ1n) is 10.2. The number of aliphatic hydroxyl groups is 1. The smallest absolute Gasteiger partial charge is 0.272 e. The molecule has 0 aliphatic carbocycles. The van der Waals surface area contributed by atoms with Crippen LogP contribution in [0.2, 0.25) is 0 Å². The first kappa shape index (κ1) is 19.9. The second-order valence-electron chi connectivity index (χ2n) is 9.39. The molecule has 1 N–H and O–H groups in total. The van der Waals surface area contributed by atoms with E-state index < -0.39 is 5.60 Å². The Morgan fingerprint density at radius 3 is 2.48 bits per heavy atom. The number of rotatable bonds is 3. The minimum absolute atomic E-state index is 0.00296. The average molecular weight is 399 g/mol. The standard InChI is InChI=1S/C22H30N4O3/c1-21(2,3)18-11-17(25(4)24-18)20(27)26-14-8-9-15(26)13-22(28,12-14)16-7-6-10-23-19(16)29-5/h6-7,10-11,14-15,28H,8-9,12-13H2,1-5H3. The van der Waals surface area contributed by atoms with Crippen LogP contribution < -0.4 is 4.74 Å². The molecule has 2 aromatic heterocycles. The lowest BCUT2D eigenvalue weighted by Crippen LogP contribution is -2.52. The molecule has 0 spiro atoms. The van der Waals surface area contributed by atoms with Crippen LogP contribution in [0.25, 0.3) is 0 Å². The maximum atomic E-state index is 13.4. The van der Waals surface area contributed by atoms with Crippen LogP contribution in [0.5, 0.6) is 5.88 Å².